The lowest BCUT2D eigenvalue weighted by Gasteiger charge is -2.26. The van der Waals surface area contributed by atoms with Crippen LogP contribution in [0.2, 0.25) is 0 Å². The first-order valence-electron chi connectivity index (χ1n) is 6.25. The van der Waals surface area contributed by atoms with Gasteiger partial charge in [0.05, 0.1) is 0 Å². The monoisotopic (exact) mass is 274 g/mol. The zero-order valence-corrected chi connectivity index (χ0v) is 12.0. The van der Waals surface area contributed by atoms with Gasteiger partial charge in [-0.05, 0) is 24.5 Å². The highest BCUT2D eigenvalue weighted by molar-refractivity contribution is 7.99. The minimum atomic E-state index is -0.966. The van der Waals surface area contributed by atoms with Crippen LogP contribution in [0.4, 0.5) is 4.79 Å². The predicted molar refractivity (Wildman–Crippen MR) is 72.9 cm³/mol. The Morgan fingerprint density at radius 3 is 2.61 bits per heavy atom. The topological polar surface area (TPSA) is 69.6 Å². The Labute approximate surface area is 112 Å². The number of urea groups is 1. The number of carbonyl (C=O) groups excluding carboxylic acids is 1. The third kappa shape index (κ3) is 4.40. The van der Waals surface area contributed by atoms with Crippen LogP contribution >= 0.6 is 11.8 Å². The number of amides is 2. The molecule has 1 aliphatic rings. The van der Waals surface area contributed by atoms with Crippen molar-refractivity contribution >= 4 is 23.8 Å². The number of thioether (sulfide) groups is 1. The molecule has 1 saturated heterocycles. The summed E-state index contributed by atoms with van der Waals surface area (Å²) >= 11 is 1.83. The number of aliphatic carboxylic acids is 1. The van der Waals surface area contributed by atoms with E-state index in [1.807, 2.05) is 25.6 Å². The molecule has 1 aliphatic heterocycles. The van der Waals surface area contributed by atoms with E-state index >= 15 is 0 Å². The maximum atomic E-state index is 12.0. The van der Waals surface area contributed by atoms with Crippen LogP contribution in [-0.2, 0) is 4.79 Å². The van der Waals surface area contributed by atoms with Crippen LogP contribution in [0.5, 0.6) is 0 Å². The van der Waals surface area contributed by atoms with Crippen molar-refractivity contribution < 1.29 is 14.7 Å². The molecule has 18 heavy (non-hydrogen) atoms. The summed E-state index contributed by atoms with van der Waals surface area (Å²) in [7, 11) is 1.74. The normalized spacial score (nSPS) is 20.8. The molecular formula is C12H22N2O3S. The van der Waals surface area contributed by atoms with Gasteiger partial charge in [-0.25, -0.2) is 9.59 Å². The summed E-state index contributed by atoms with van der Waals surface area (Å²) in [5.41, 5.74) is 0. The van der Waals surface area contributed by atoms with Gasteiger partial charge >= 0.3 is 12.0 Å². The van der Waals surface area contributed by atoms with Crippen molar-refractivity contribution in [3.05, 3.63) is 0 Å². The molecule has 0 aromatic carbocycles. The van der Waals surface area contributed by atoms with E-state index in [0.29, 0.717) is 6.42 Å². The molecule has 104 valence electrons. The molecule has 0 spiro atoms. The maximum Gasteiger partial charge on any atom is 0.326 e. The zero-order valence-electron chi connectivity index (χ0n) is 11.2. The van der Waals surface area contributed by atoms with E-state index in [1.54, 1.807) is 11.9 Å². The van der Waals surface area contributed by atoms with Crippen molar-refractivity contribution in [2.24, 2.45) is 5.92 Å². The predicted octanol–water partition coefficient (Wildman–Crippen LogP) is 1.63. The van der Waals surface area contributed by atoms with Gasteiger partial charge in [0.25, 0.3) is 0 Å². The van der Waals surface area contributed by atoms with Crippen LogP contribution in [0.1, 0.15) is 26.7 Å². The second kappa shape index (κ2) is 6.87. The third-order valence-corrected chi connectivity index (χ3v) is 4.22. The number of rotatable bonds is 5. The largest absolute Gasteiger partial charge is 0.480 e. The average Bonchev–Trinajstić information content (AvgIpc) is 2.79. The van der Waals surface area contributed by atoms with Gasteiger partial charge in [0.15, 0.2) is 0 Å². The fraction of sp³-hybridized carbons (Fsp3) is 0.833. The summed E-state index contributed by atoms with van der Waals surface area (Å²) in [4.78, 5) is 24.7. The van der Waals surface area contributed by atoms with E-state index in [2.05, 4.69) is 5.32 Å². The summed E-state index contributed by atoms with van der Waals surface area (Å²) in [5, 5.41) is 11.7. The van der Waals surface area contributed by atoms with E-state index in [-0.39, 0.29) is 18.0 Å². The zero-order chi connectivity index (χ0) is 13.7. The Balaban J connectivity index is 2.51. The Bertz CT molecular complexity index is 304. The number of nitrogens with one attached hydrogen (secondary N) is 1. The lowest BCUT2D eigenvalue weighted by Crippen LogP contribution is -2.50. The number of hydrogen-bond donors (Lipinski definition) is 2. The van der Waals surface area contributed by atoms with E-state index in [1.165, 1.54) is 0 Å². The van der Waals surface area contributed by atoms with Crippen molar-refractivity contribution in [2.45, 2.75) is 38.8 Å². The van der Waals surface area contributed by atoms with Crippen LogP contribution in [0.3, 0.4) is 0 Å². The minimum absolute atomic E-state index is 0.225. The lowest BCUT2D eigenvalue weighted by molar-refractivity contribution is -0.139. The summed E-state index contributed by atoms with van der Waals surface area (Å²) in [5.74, 6) is 1.27. The molecule has 0 radical (unpaired) electrons. The summed E-state index contributed by atoms with van der Waals surface area (Å²) in [6, 6.07) is -0.854. The van der Waals surface area contributed by atoms with Gasteiger partial charge in [-0.3, -0.25) is 0 Å². The van der Waals surface area contributed by atoms with Crippen molar-refractivity contribution in [2.75, 3.05) is 18.6 Å². The second-order valence-electron chi connectivity index (χ2n) is 5.10. The number of hydrogen-bond acceptors (Lipinski definition) is 3. The van der Waals surface area contributed by atoms with E-state index in [4.69, 9.17) is 5.11 Å². The molecule has 2 amide bonds. The molecule has 0 aliphatic carbocycles. The molecule has 6 heteroatoms. The van der Waals surface area contributed by atoms with Gasteiger partial charge in [-0.2, -0.15) is 11.8 Å². The summed E-state index contributed by atoms with van der Waals surface area (Å²) < 4.78 is 0. The standard InChI is InChI=1S/C12H22N2O3S/c1-8(2)6-10(11(15)16)13-12(17)14(3)9-4-5-18-7-9/h8-10H,4-7H2,1-3H3,(H,13,17)(H,15,16). The highest BCUT2D eigenvalue weighted by Gasteiger charge is 2.27. The number of carboxylic acid groups (broad SMARTS) is 1. The van der Waals surface area contributed by atoms with E-state index in [9.17, 15) is 9.59 Å². The molecule has 2 N–H and O–H groups in total. The quantitative estimate of drug-likeness (QED) is 0.799. The molecule has 0 saturated carbocycles. The Morgan fingerprint density at radius 1 is 1.50 bits per heavy atom. The molecule has 2 unspecified atom stereocenters. The molecule has 0 aromatic heterocycles. The Hall–Kier alpha value is -0.910. The van der Waals surface area contributed by atoms with Gasteiger partial charge in [-0.15, -0.1) is 0 Å². The molecule has 0 aromatic rings. The Morgan fingerprint density at radius 2 is 2.17 bits per heavy atom. The molecule has 0 bridgehead atoms. The van der Waals surface area contributed by atoms with Crippen LogP contribution in [0.15, 0.2) is 0 Å². The smallest absolute Gasteiger partial charge is 0.326 e. The fourth-order valence-corrected chi connectivity index (χ4v) is 3.20. The van der Waals surface area contributed by atoms with Crippen LogP contribution in [0.25, 0.3) is 0 Å². The Kier molecular flexibility index (Phi) is 5.78. The highest BCUT2D eigenvalue weighted by atomic mass is 32.2. The van der Waals surface area contributed by atoms with Gasteiger partial charge in [0.1, 0.15) is 6.04 Å². The highest BCUT2D eigenvalue weighted by Crippen LogP contribution is 2.21. The number of nitrogens with zero attached hydrogens (tertiary/aromatic N) is 1. The van der Waals surface area contributed by atoms with E-state index in [0.717, 1.165) is 17.9 Å². The van der Waals surface area contributed by atoms with Crippen molar-refractivity contribution in [1.82, 2.24) is 10.2 Å². The van der Waals surface area contributed by atoms with E-state index < -0.39 is 12.0 Å². The van der Waals surface area contributed by atoms with Crippen LogP contribution in [-0.4, -0.2) is 52.6 Å². The molecular weight excluding hydrogens is 252 g/mol. The first-order valence-corrected chi connectivity index (χ1v) is 7.41. The third-order valence-electron chi connectivity index (χ3n) is 3.08. The number of carboxylic acids is 1. The lowest BCUT2D eigenvalue weighted by atomic mass is 10.0. The molecule has 5 nitrogen and oxygen atoms in total. The van der Waals surface area contributed by atoms with Crippen LogP contribution < -0.4 is 5.32 Å². The SMILES string of the molecule is CC(C)CC(NC(=O)N(C)C1CCSC1)C(=O)O. The van der Waals surface area contributed by atoms with Crippen molar-refractivity contribution in [1.29, 1.82) is 0 Å². The summed E-state index contributed by atoms with van der Waals surface area (Å²) in [6.07, 6.45) is 1.44. The minimum Gasteiger partial charge on any atom is -0.480 e. The van der Waals surface area contributed by atoms with Crippen molar-refractivity contribution in [3.8, 4) is 0 Å². The van der Waals surface area contributed by atoms with Gasteiger partial charge in [-0.1, -0.05) is 13.8 Å². The fourth-order valence-electron chi connectivity index (χ4n) is 1.94. The van der Waals surface area contributed by atoms with Crippen molar-refractivity contribution in [3.63, 3.8) is 0 Å². The first-order chi connectivity index (χ1) is 8.41. The molecule has 1 rings (SSSR count). The molecule has 1 heterocycles. The first kappa shape index (κ1) is 15.1. The molecule has 1 fully saturated rings. The van der Waals surface area contributed by atoms with Crippen LogP contribution in [0, 0.1) is 5.92 Å². The number of carbonyl (C=O) groups is 2. The van der Waals surface area contributed by atoms with Gasteiger partial charge < -0.3 is 15.3 Å². The van der Waals surface area contributed by atoms with Gasteiger partial charge in [0.2, 0.25) is 0 Å². The molecule has 2 atom stereocenters. The second-order valence-corrected chi connectivity index (χ2v) is 6.25. The van der Waals surface area contributed by atoms with Gasteiger partial charge in [0, 0.05) is 18.8 Å². The maximum absolute atomic E-state index is 12.0. The summed E-state index contributed by atoms with van der Waals surface area (Å²) in [6.45, 7) is 3.89. The average molecular weight is 274 g/mol.